The van der Waals surface area contributed by atoms with Crippen LogP contribution in [-0.2, 0) is 36.8 Å². The number of amides is 2. The molecule has 2 amide bonds. The molecule has 14 heteroatoms. The fourth-order valence-corrected chi connectivity index (χ4v) is 6.30. The van der Waals surface area contributed by atoms with Gasteiger partial charge in [0.2, 0.25) is 11.8 Å². The lowest BCUT2D eigenvalue weighted by Crippen LogP contribution is -2.48. The van der Waals surface area contributed by atoms with Gasteiger partial charge in [-0.05, 0) is 37.5 Å². The van der Waals surface area contributed by atoms with Crippen LogP contribution in [-0.4, -0.2) is 84.5 Å². The van der Waals surface area contributed by atoms with Crippen molar-refractivity contribution in [2.45, 2.75) is 66.7 Å². The molecule has 2 heterocycles. The standard InChI is InChI=1S/C24H46N2O10P2/c1-7-23(8-12-25(13-9-23)21(27)19(2)3)16-35-38(31,32)36-18-24(17-34-37(29,30)33-6)10-14-26(15-11-24)22(28)20(4)5/h19-20H,7-18H2,1-6H3,(H,29,30)(H,31,32). The highest BCUT2D eigenvalue weighted by Gasteiger charge is 2.42. The molecular weight excluding hydrogens is 538 g/mol. The van der Waals surface area contributed by atoms with Crippen LogP contribution in [0, 0.1) is 22.7 Å². The van der Waals surface area contributed by atoms with Gasteiger partial charge in [-0.1, -0.05) is 34.6 Å². The van der Waals surface area contributed by atoms with Crippen molar-refractivity contribution in [3.8, 4) is 0 Å². The van der Waals surface area contributed by atoms with Crippen LogP contribution in [0.25, 0.3) is 0 Å². The van der Waals surface area contributed by atoms with E-state index in [1.54, 1.807) is 4.90 Å². The first kappa shape index (κ1) is 33.4. The molecule has 2 unspecified atom stereocenters. The molecule has 0 radical (unpaired) electrons. The molecule has 2 aliphatic rings. The van der Waals surface area contributed by atoms with E-state index in [-0.39, 0.29) is 48.9 Å². The maximum Gasteiger partial charge on any atom is 0.472 e. The van der Waals surface area contributed by atoms with Gasteiger partial charge in [-0.15, -0.1) is 0 Å². The van der Waals surface area contributed by atoms with Crippen LogP contribution in [0.2, 0.25) is 0 Å². The van der Waals surface area contributed by atoms with Gasteiger partial charge < -0.3 is 19.6 Å². The normalized spacial score (nSPS) is 22.8. The Labute approximate surface area is 226 Å². The van der Waals surface area contributed by atoms with Gasteiger partial charge in [0.1, 0.15) is 0 Å². The van der Waals surface area contributed by atoms with Gasteiger partial charge >= 0.3 is 15.6 Å². The molecule has 12 nitrogen and oxygen atoms in total. The zero-order valence-electron chi connectivity index (χ0n) is 23.6. The van der Waals surface area contributed by atoms with Gasteiger partial charge in [0.05, 0.1) is 19.8 Å². The van der Waals surface area contributed by atoms with E-state index in [4.69, 9.17) is 13.6 Å². The summed E-state index contributed by atoms with van der Waals surface area (Å²) in [6, 6.07) is 0. The number of carbonyl (C=O) groups excluding carboxylic acids is 2. The largest absolute Gasteiger partial charge is 0.472 e. The highest BCUT2D eigenvalue weighted by atomic mass is 31.2. The first-order chi connectivity index (χ1) is 17.6. The van der Waals surface area contributed by atoms with Crippen molar-refractivity contribution in [1.82, 2.24) is 9.80 Å². The second-order valence-electron chi connectivity index (χ2n) is 11.3. The van der Waals surface area contributed by atoms with Crippen molar-refractivity contribution in [1.29, 1.82) is 0 Å². The molecule has 222 valence electrons. The summed E-state index contributed by atoms with van der Waals surface area (Å²) >= 11 is 0. The molecule has 2 fully saturated rings. The molecule has 0 aromatic carbocycles. The Bertz CT molecular complexity index is 897. The Morgan fingerprint density at radius 2 is 1.08 bits per heavy atom. The van der Waals surface area contributed by atoms with Crippen LogP contribution >= 0.6 is 15.6 Å². The molecule has 2 saturated heterocycles. The van der Waals surface area contributed by atoms with Crippen LogP contribution in [0.3, 0.4) is 0 Å². The Kier molecular flexibility index (Phi) is 12.0. The molecule has 2 aliphatic heterocycles. The van der Waals surface area contributed by atoms with E-state index in [9.17, 15) is 28.5 Å². The summed E-state index contributed by atoms with van der Waals surface area (Å²) in [6.07, 6.45) is 2.71. The van der Waals surface area contributed by atoms with E-state index in [2.05, 4.69) is 4.52 Å². The molecule has 0 aromatic heterocycles. The lowest BCUT2D eigenvalue weighted by Gasteiger charge is -2.43. The second kappa shape index (κ2) is 13.7. The average molecular weight is 585 g/mol. The number of rotatable bonds is 13. The van der Waals surface area contributed by atoms with Gasteiger partial charge in [-0.2, -0.15) is 0 Å². The van der Waals surface area contributed by atoms with Gasteiger partial charge in [0.15, 0.2) is 0 Å². The van der Waals surface area contributed by atoms with Crippen LogP contribution in [0.5, 0.6) is 0 Å². The van der Waals surface area contributed by atoms with Crippen molar-refractivity contribution in [3.05, 3.63) is 0 Å². The van der Waals surface area contributed by atoms with Crippen LogP contribution in [0.15, 0.2) is 0 Å². The van der Waals surface area contributed by atoms with E-state index in [0.29, 0.717) is 51.9 Å². The lowest BCUT2D eigenvalue weighted by atomic mass is 9.77. The number of carbonyl (C=O) groups is 2. The molecule has 0 bridgehead atoms. The summed E-state index contributed by atoms with van der Waals surface area (Å²) in [5.41, 5.74) is -1.24. The fraction of sp³-hybridized carbons (Fsp3) is 0.917. The van der Waals surface area contributed by atoms with Crippen molar-refractivity contribution >= 4 is 27.5 Å². The molecule has 0 aliphatic carbocycles. The average Bonchev–Trinajstić information content (AvgIpc) is 2.89. The number of hydrogen-bond donors (Lipinski definition) is 2. The van der Waals surface area contributed by atoms with Crippen molar-refractivity contribution in [3.63, 3.8) is 0 Å². The Morgan fingerprint density at radius 3 is 1.42 bits per heavy atom. The number of likely N-dealkylation sites (tertiary alicyclic amines) is 2. The van der Waals surface area contributed by atoms with Crippen molar-refractivity contribution < 1.29 is 46.6 Å². The minimum absolute atomic E-state index is 0.00710. The van der Waals surface area contributed by atoms with E-state index in [1.807, 2.05) is 39.5 Å². The maximum atomic E-state index is 12.9. The molecular formula is C24H46N2O10P2. The summed E-state index contributed by atoms with van der Waals surface area (Å²) in [7, 11) is -7.71. The Balaban J connectivity index is 2.01. The van der Waals surface area contributed by atoms with Gasteiger partial charge in [0.25, 0.3) is 0 Å². The third kappa shape index (κ3) is 9.37. The number of phosphoric acid groups is 2. The summed E-state index contributed by atoms with van der Waals surface area (Å²) in [4.78, 5) is 48.5. The van der Waals surface area contributed by atoms with Crippen LogP contribution < -0.4 is 0 Å². The molecule has 0 spiro atoms. The minimum atomic E-state index is -4.47. The molecule has 0 aromatic rings. The molecule has 2 N–H and O–H groups in total. The molecule has 38 heavy (non-hydrogen) atoms. The monoisotopic (exact) mass is 584 g/mol. The number of nitrogens with zero attached hydrogens (tertiary/aromatic N) is 2. The van der Waals surface area contributed by atoms with Gasteiger partial charge in [-0.25, -0.2) is 9.13 Å². The van der Waals surface area contributed by atoms with E-state index >= 15 is 0 Å². The van der Waals surface area contributed by atoms with Crippen LogP contribution in [0.1, 0.15) is 66.7 Å². The first-order valence-electron chi connectivity index (χ1n) is 13.3. The van der Waals surface area contributed by atoms with E-state index in [0.717, 1.165) is 13.5 Å². The zero-order valence-corrected chi connectivity index (χ0v) is 25.4. The van der Waals surface area contributed by atoms with Gasteiger partial charge in [-0.3, -0.25) is 27.7 Å². The third-order valence-electron chi connectivity index (χ3n) is 7.84. The summed E-state index contributed by atoms with van der Waals surface area (Å²) < 4.78 is 45.3. The Morgan fingerprint density at radius 1 is 0.737 bits per heavy atom. The number of hydrogen-bond acceptors (Lipinski definition) is 8. The number of piperidine rings is 2. The highest BCUT2D eigenvalue weighted by Crippen LogP contribution is 2.51. The lowest BCUT2D eigenvalue weighted by molar-refractivity contribution is -0.138. The Hall–Kier alpha value is -0.840. The smallest absolute Gasteiger partial charge is 0.342 e. The second-order valence-corrected chi connectivity index (χ2v) is 14.3. The summed E-state index contributed by atoms with van der Waals surface area (Å²) in [5.74, 6) is -0.163. The third-order valence-corrected chi connectivity index (χ3v) is 9.67. The first-order valence-corrected chi connectivity index (χ1v) is 16.3. The topological polar surface area (TPSA) is 152 Å². The predicted octanol–water partition coefficient (Wildman–Crippen LogP) is 3.82. The summed E-state index contributed by atoms with van der Waals surface area (Å²) in [6.45, 7) is 10.7. The van der Waals surface area contributed by atoms with Crippen molar-refractivity contribution in [2.75, 3.05) is 53.1 Å². The predicted molar refractivity (Wildman–Crippen MR) is 141 cm³/mol. The minimum Gasteiger partial charge on any atom is -0.342 e. The van der Waals surface area contributed by atoms with Crippen molar-refractivity contribution in [2.24, 2.45) is 22.7 Å². The number of phosphoric ester groups is 2. The van der Waals surface area contributed by atoms with E-state index < -0.39 is 21.1 Å². The van der Waals surface area contributed by atoms with E-state index in [1.165, 1.54) is 0 Å². The molecule has 2 rings (SSSR count). The van der Waals surface area contributed by atoms with Gasteiger partial charge in [0, 0.05) is 50.5 Å². The highest BCUT2D eigenvalue weighted by molar-refractivity contribution is 7.47. The molecule has 2 atom stereocenters. The SMILES string of the molecule is CCC1(COP(=O)(O)OCC2(COP(=O)(O)OC)CCN(C(=O)C(C)C)CC2)CCN(C(=O)C(C)C)CC1. The maximum absolute atomic E-state index is 12.9. The quantitative estimate of drug-likeness (QED) is 0.306. The molecule has 0 saturated carbocycles. The van der Waals surface area contributed by atoms with Crippen LogP contribution in [0.4, 0.5) is 0 Å². The summed E-state index contributed by atoms with van der Waals surface area (Å²) in [5, 5.41) is 0. The zero-order chi connectivity index (χ0) is 28.8. The fourth-order valence-electron chi connectivity index (χ4n) is 4.81.